The Bertz CT molecular complexity index is 822. The molecule has 0 N–H and O–H groups in total. The third kappa shape index (κ3) is 3.42. The molecule has 1 heterocycles. The summed E-state index contributed by atoms with van der Waals surface area (Å²) < 4.78 is 33.1. The molecule has 3 rings (SSSR count). The number of nitrogens with zero attached hydrogens (tertiary/aromatic N) is 1. The van der Waals surface area contributed by atoms with E-state index in [9.17, 15) is 8.42 Å². The molecule has 0 bridgehead atoms. The van der Waals surface area contributed by atoms with Crippen molar-refractivity contribution in [2.45, 2.75) is 32.1 Å². The van der Waals surface area contributed by atoms with Crippen LogP contribution in [0.15, 0.2) is 41.3 Å². The predicted molar refractivity (Wildman–Crippen MR) is 96.8 cm³/mol. The van der Waals surface area contributed by atoms with Crippen molar-refractivity contribution >= 4 is 20.8 Å². The summed E-state index contributed by atoms with van der Waals surface area (Å²) >= 11 is 0. The highest BCUT2D eigenvalue weighted by molar-refractivity contribution is 7.89. The molecule has 24 heavy (non-hydrogen) atoms. The van der Waals surface area contributed by atoms with Crippen molar-refractivity contribution < 1.29 is 13.2 Å². The molecule has 2 atom stereocenters. The molecular formula is C19H25NO3S. The van der Waals surface area contributed by atoms with Crippen LogP contribution in [0, 0.1) is 11.8 Å². The van der Waals surface area contributed by atoms with Gasteiger partial charge >= 0.3 is 0 Å². The van der Waals surface area contributed by atoms with Crippen LogP contribution in [0.25, 0.3) is 10.8 Å². The van der Waals surface area contributed by atoms with E-state index in [1.807, 2.05) is 31.2 Å². The summed E-state index contributed by atoms with van der Waals surface area (Å²) in [5, 5.41) is 1.90. The third-order valence-electron chi connectivity index (χ3n) is 4.57. The van der Waals surface area contributed by atoms with Gasteiger partial charge in [0.15, 0.2) is 0 Å². The molecule has 1 saturated heterocycles. The van der Waals surface area contributed by atoms with Gasteiger partial charge in [-0.1, -0.05) is 26.0 Å². The lowest BCUT2D eigenvalue weighted by atomic mass is 9.94. The maximum Gasteiger partial charge on any atom is 0.243 e. The third-order valence-corrected chi connectivity index (χ3v) is 6.39. The monoisotopic (exact) mass is 347 g/mol. The zero-order chi connectivity index (χ0) is 17.3. The van der Waals surface area contributed by atoms with E-state index in [2.05, 4.69) is 13.8 Å². The fourth-order valence-electron chi connectivity index (χ4n) is 3.57. The zero-order valence-corrected chi connectivity index (χ0v) is 15.3. The quantitative estimate of drug-likeness (QED) is 0.842. The molecule has 0 aromatic heterocycles. The van der Waals surface area contributed by atoms with Crippen molar-refractivity contribution in [3.8, 4) is 5.75 Å². The van der Waals surface area contributed by atoms with E-state index in [1.165, 1.54) is 0 Å². The van der Waals surface area contributed by atoms with Crippen molar-refractivity contribution in [1.29, 1.82) is 0 Å². The van der Waals surface area contributed by atoms with Crippen LogP contribution in [0.5, 0.6) is 5.75 Å². The van der Waals surface area contributed by atoms with Crippen LogP contribution in [0.1, 0.15) is 27.2 Å². The van der Waals surface area contributed by atoms with Gasteiger partial charge in [-0.3, -0.25) is 0 Å². The van der Waals surface area contributed by atoms with Gasteiger partial charge in [0.1, 0.15) is 5.75 Å². The number of sulfonamides is 1. The first-order valence-electron chi connectivity index (χ1n) is 8.57. The Morgan fingerprint density at radius 3 is 2.33 bits per heavy atom. The van der Waals surface area contributed by atoms with Gasteiger partial charge in [-0.15, -0.1) is 0 Å². The number of benzene rings is 2. The highest BCUT2D eigenvalue weighted by Crippen LogP contribution is 2.29. The molecule has 2 aromatic carbocycles. The van der Waals surface area contributed by atoms with Crippen LogP contribution in [-0.4, -0.2) is 32.4 Å². The van der Waals surface area contributed by atoms with Gasteiger partial charge in [0.25, 0.3) is 0 Å². The molecule has 2 aromatic rings. The average molecular weight is 347 g/mol. The van der Waals surface area contributed by atoms with Crippen molar-refractivity contribution in [3.63, 3.8) is 0 Å². The van der Waals surface area contributed by atoms with Crippen LogP contribution >= 0.6 is 0 Å². The first-order valence-corrected chi connectivity index (χ1v) is 10.0. The lowest BCUT2D eigenvalue weighted by Gasteiger charge is -2.34. The number of hydrogen-bond acceptors (Lipinski definition) is 3. The summed E-state index contributed by atoms with van der Waals surface area (Å²) in [6.45, 7) is 8.01. The summed E-state index contributed by atoms with van der Waals surface area (Å²) in [5.74, 6) is 1.61. The Morgan fingerprint density at radius 1 is 1.04 bits per heavy atom. The molecule has 0 saturated carbocycles. The van der Waals surface area contributed by atoms with E-state index in [-0.39, 0.29) is 0 Å². The summed E-state index contributed by atoms with van der Waals surface area (Å²) in [6.07, 6.45) is 1.09. The van der Waals surface area contributed by atoms with Crippen LogP contribution in [0.2, 0.25) is 0 Å². The molecule has 130 valence electrons. The molecule has 0 radical (unpaired) electrons. The first-order chi connectivity index (χ1) is 11.4. The van der Waals surface area contributed by atoms with Crippen molar-refractivity contribution in [1.82, 2.24) is 4.31 Å². The Balaban J connectivity index is 1.94. The SMILES string of the molecule is CCOc1ccc2cc(S(=O)(=O)N3C[C@H](C)C[C@@H](C)C3)ccc2c1. The van der Waals surface area contributed by atoms with E-state index in [0.717, 1.165) is 22.9 Å². The largest absolute Gasteiger partial charge is 0.494 e. The minimum Gasteiger partial charge on any atom is -0.494 e. The predicted octanol–water partition coefficient (Wildman–Crippen LogP) is 3.91. The number of piperidine rings is 1. The standard InChI is InChI=1S/C19H25NO3S/c1-4-23-18-7-5-17-11-19(8-6-16(17)10-18)24(21,22)20-12-14(2)9-15(3)13-20/h5-8,10-11,14-15H,4,9,12-13H2,1-3H3/t14-,15-/m1/s1. The second kappa shape index (κ2) is 6.73. The maximum absolute atomic E-state index is 13.0. The first kappa shape index (κ1) is 17.2. The zero-order valence-electron chi connectivity index (χ0n) is 14.5. The lowest BCUT2D eigenvalue weighted by molar-refractivity contribution is 0.222. The summed E-state index contributed by atoms with van der Waals surface area (Å²) in [4.78, 5) is 0.375. The van der Waals surface area contributed by atoms with Crippen LogP contribution in [0.3, 0.4) is 0 Å². The van der Waals surface area contributed by atoms with Crippen LogP contribution < -0.4 is 4.74 Å². The lowest BCUT2D eigenvalue weighted by Crippen LogP contribution is -2.42. The van der Waals surface area contributed by atoms with E-state index < -0.39 is 10.0 Å². The van der Waals surface area contributed by atoms with Gasteiger partial charge in [0.2, 0.25) is 10.0 Å². The fourth-order valence-corrected chi connectivity index (χ4v) is 5.29. The molecule has 0 spiro atoms. The average Bonchev–Trinajstić information content (AvgIpc) is 2.53. The number of hydrogen-bond donors (Lipinski definition) is 0. The molecule has 0 unspecified atom stereocenters. The van der Waals surface area contributed by atoms with E-state index in [4.69, 9.17) is 4.74 Å². The fraction of sp³-hybridized carbons (Fsp3) is 0.474. The minimum atomic E-state index is -3.44. The van der Waals surface area contributed by atoms with E-state index >= 15 is 0 Å². The van der Waals surface area contributed by atoms with Gasteiger partial charge in [-0.05, 0) is 60.2 Å². The van der Waals surface area contributed by atoms with Crippen molar-refractivity contribution in [2.24, 2.45) is 11.8 Å². The van der Waals surface area contributed by atoms with Gasteiger partial charge in [-0.25, -0.2) is 8.42 Å². The Morgan fingerprint density at radius 2 is 1.67 bits per heavy atom. The Labute approximate surface area is 144 Å². The highest BCUT2D eigenvalue weighted by atomic mass is 32.2. The summed E-state index contributed by atoms with van der Waals surface area (Å²) in [5.41, 5.74) is 0. The number of ether oxygens (including phenoxy) is 1. The smallest absolute Gasteiger partial charge is 0.243 e. The summed E-state index contributed by atoms with van der Waals surface area (Å²) in [7, 11) is -3.44. The Kier molecular flexibility index (Phi) is 4.83. The maximum atomic E-state index is 13.0. The molecule has 0 amide bonds. The normalized spacial score (nSPS) is 22.6. The van der Waals surface area contributed by atoms with Gasteiger partial charge in [-0.2, -0.15) is 4.31 Å². The highest BCUT2D eigenvalue weighted by Gasteiger charge is 2.31. The van der Waals surface area contributed by atoms with E-state index in [0.29, 0.717) is 36.4 Å². The molecule has 1 fully saturated rings. The molecule has 5 heteroatoms. The molecular weight excluding hydrogens is 322 g/mol. The molecule has 1 aliphatic rings. The second-order valence-corrected chi connectivity index (χ2v) is 8.81. The van der Waals surface area contributed by atoms with Crippen LogP contribution in [0.4, 0.5) is 0 Å². The minimum absolute atomic E-state index is 0.375. The molecule has 0 aliphatic carbocycles. The van der Waals surface area contributed by atoms with E-state index in [1.54, 1.807) is 16.4 Å². The van der Waals surface area contributed by atoms with Crippen molar-refractivity contribution in [3.05, 3.63) is 36.4 Å². The molecule has 1 aliphatic heterocycles. The number of fused-ring (bicyclic) bond motifs is 1. The van der Waals surface area contributed by atoms with Crippen LogP contribution in [-0.2, 0) is 10.0 Å². The van der Waals surface area contributed by atoms with Gasteiger partial charge < -0.3 is 4.74 Å². The summed E-state index contributed by atoms with van der Waals surface area (Å²) in [6, 6.07) is 11.1. The van der Waals surface area contributed by atoms with Crippen molar-refractivity contribution in [2.75, 3.05) is 19.7 Å². The van der Waals surface area contributed by atoms with Gasteiger partial charge in [0, 0.05) is 13.1 Å². The van der Waals surface area contributed by atoms with Gasteiger partial charge in [0.05, 0.1) is 11.5 Å². The second-order valence-electron chi connectivity index (χ2n) is 6.87. The molecule has 4 nitrogen and oxygen atoms in total. The topological polar surface area (TPSA) is 46.6 Å². The Hall–Kier alpha value is -1.59. The number of rotatable bonds is 4.